The van der Waals surface area contributed by atoms with Gasteiger partial charge in [-0.05, 0) is 18.2 Å². The van der Waals surface area contributed by atoms with Crippen LogP contribution in [-0.4, -0.2) is 40.5 Å². The molecule has 0 radical (unpaired) electrons. The Morgan fingerprint density at radius 2 is 2.28 bits per heavy atom. The number of nitrogen functional groups attached to an aromatic ring is 1. The van der Waals surface area contributed by atoms with Crippen LogP contribution in [0, 0.1) is 0 Å². The maximum Gasteiger partial charge on any atom is 0.317 e. The van der Waals surface area contributed by atoms with E-state index < -0.39 is 10.8 Å². The van der Waals surface area contributed by atoms with Crippen molar-refractivity contribution in [2.45, 2.75) is 4.90 Å². The van der Waals surface area contributed by atoms with E-state index in [-0.39, 0.29) is 6.03 Å². The van der Waals surface area contributed by atoms with Gasteiger partial charge in [-0.1, -0.05) is 11.6 Å². The zero-order chi connectivity index (χ0) is 13.1. The van der Waals surface area contributed by atoms with Gasteiger partial charge in [0.2, 0.25) is 0 Å². The van der Waals surface area contributed by atoms with Crippen LogP contribution in [0.5, 0.6) is 0 Å². The lowest BCUT2D eigenvalue weighted by Crippen LogP contribution is -2.31. The molecule has 0 aliphatic carbocycles. The first kappa shape index (κ1) is 13.2. The van der Waals surface area contributed by atoms with Crippen molar-refractivity contribution in [2.24, 2.45) is 0 Å². The van der Waals surface area contributed by atoms with E-state index in [4.69, 9.17) is 17.3 Å². The maximum atomic E-state index is 12.1. The summed E-state index contributed by atoms with van der Waals surface area (Å²) in [4.78, 5) is 13.5. The quantitative estimate of drug-likeness (QED) is 0.813. The summed E-state index contributed by atoms with van der Waals surface area (Å²) in [5.74, 6) is 0.372. The molecule has 1 heterocycles. The van der Waals surface area contributed by atoms with Crippen molar-refractivity contribution >= 4 is 34.1 Å². The van der Waals surface area contributed by atoms with Crippen LogP contribution in [0.2, 0.25) is 5.02 Å². The molecule has 18 heavy (non-hydrogen) atoms. The van der Waals surface area contributed by atoms with Crippen LogP contribution in [-0.2, 0) is 10.8 Å². The van der Waals surface area contributed by atoms with Crippen molar-refractivity contribution in [3.05, 3.63) is 23.2 Å². The number of nitrogens with zero attached hydrogens (tertiary/aromatic N) is 1. The Balaban J connectivity index is 1.97. The molecule has 5 nitrogen and oxygen atoms in total. The monoisotopic (exact) mass is 287 g/mol. The Morgan fingerprint density at radius 3 is 2.89 bits per heavy atom. The number of carbonyl (C=O) groups excluding carboxylic acids is 1. The third-order valence-corrected chi connectivity index (χ3v) is 4.52. The first-order valence-electron chi connectivity index (χ1n) is 5.54. The number of halogens is 1. The minimum atomic E-state index is -1.22. The van der Waals surface area contributed by atoms with Gasteiger partial charge in [-0.2, -0.15) is 0 Å². The van der Waals surface area contributed by atoms with Gasteiger partial charge < -0.3 is 16.0 Å². The Hall–Kier alpha value is -1.27. The minimum Gasteiger partial charge on any atom is -0.399 e. The van der Waals surface area contributed by atoms with E-state index in [1.807, 2.05) is 0 Å². The van der Waals surface area contributed by atoms with Crippen LogP contribution >= 0.6 is 11.6 Å². The molecule has 3 N–H and O–H groups in total. The van der Waals surface area contributed by atoms with E-state index >= 15 is 0 Å². The smallest absolute Gasteiger partial charge is 0.317 e. The van der Waals surface area contributed by atoms with Crippen molar-refractivity contribution in [2.75, 3.05) is 31.1 Å². The molecule has 0 saturated carbocycles. The SMILES string of the molecule is Nc1ccc(S(=O)CCN2CCNC2=O)c(Cl)c1. The van der Waals surface area contributed by atoms with E-state index in [0.29, 0.717) is 41.0 Å². The Bertz CT molecular complexity index is 495. The Morgan fingerprint density at radius 1 is 1.50 bits per heavy atom. The molecule has 1 saturated heterocycles. The lowest BCUT2D eigenvalue weighted by Gasteiger charge is -2.13. The summed E-state index contributed by atoms with van der Waals surface area (Å²) in [6.45, 7) is 1.76. The molecule has 1 fully saturated rings. The fraction of sp³-hybridized carbons (Fsp3) is 0.364. The summed E-state index contributed by atoms with van der Waals surface area (Å²) in [5, 5.41) is 3.10. The Labute approximate surface area is 113 Å². The highest BCUT2D eigenvalue weighted by molar-refractivity contribution is 7.85. The molecule has 2 rings (SSSR count). The number of nitrogens with one attached hydrogen (secondary N) is 1. The normalized spacial score (nSPS) is 16.7. The molecular formula is C11H14ClN3O2S. The molecule has 1 atom stereocenters. The van der Waals surface area contributed by atoms with Crippen LogP contribution in [0.4, 0.5) is 10.5 Å². The van der Waals surface area contributed by atoms with Crippen LogP contribution in [0.3, 0.4) is 0 Å². The molecule has 0 bridgehead atoms. The van der Waals surface area contributed by atoms with Crippen molar-refractivity contribution in [3.63, 3.8) is 0 Å². The summed E-state index contributed by atoms with van der Waals surface area (Å²) in [7, 11) is -1.22. The average Bonchev–Trinajstić information content (AvgIpc) is 2.72. The number of urea groups is 1. The van der Waals surface area contributed by atoms with Gasteiger partial charge in [0.25, 0.3) is 0 Å². The second kappa shape index (κ2) is 5.58. The highest BCUT2D eigenvalue weighted by atomic mass is 35.5. The molecular weight excluding hydrogens is 274 g/mol. The number of carbonyl (C=O) groups is 1. The molecule has 7 heteroatoms. The van der Waals surface area contributed by atoms with Gasteiger partial charge in [0.1, 0.15) is 0 Å². The molecule has 1 aliphatic heterocycles. The molecule has 1 unspecified atom stereocenters. The summed E-state index contributed by atoms with van der Waals surface area (Å²) in [6.07, 6.45) is 0. The van der Waals surface area contributed by atoms with Gasteiger partial charge >= 0.3 is 6.03 Å². The average molecular weight is 288 g/mol. The van der Waals surface area contributed by atoms with Crippen molar-refractivity contribution < 1.29 is 9.00 Å². The molecule has 98 valence electrons. The number of benzene rings is 1. The zero-order valence-corrected chi connectivity index (χ0v) is 11.3. The predicted molar refractivity (Wildman–Crippen MR) is 72.1 cm³/mol. The van der Waals surface area contributed by atoms with Gasteiger partial charge in [0.05, 0.1) is 20.7 Å². The second-order valence-corrected chi connectivity index (χ2v) is 5.90. The summed E-state index contributed by atoms with van der Waals surface area (Å²) in [5.41, 5.74) is 6.12. The first-order chi connectivity index (χ1) is 8.58. The number of rotatable bonds is 4. The molecule has 0 spiro atoms. The largest absolute Gasteiger partial charge is 0.399 e. The maximum absolute atomic E-state index is 12.1. The molecule has 1 aromatic carbocycles. The first-order valence-corrected chi connectivity index (χ1v) is 7.24. The van der Waals surface area contributed by atoms with Crippen molar-refractivity contribution in [1.29, 1.82) is 0 Å². The third-order valence-electron chi connectivity index (χ3n) is 2.69. The molecule has 1 aliphatic rings. The number of hydrogen-bond donors (Lipinski definition) is 2. The zero-order valence-electron chi connectivity index (χ0n) is 9.69. The fourth-order valence-corrected chi connectivity index (χ4v) is 3.28. The molecule has 2 amide bonds. The van der Waals surface area contributed by atoms with Crippen LogP contribution in [0.25, 0.3) is 0 Å². The highest BCUT2D eigenvalue weighted by Gasteiger charge is 2.20. The Kier molecular flexibility index (Phi) is 4.08. The van der Waals surface area contributed by atoms with Crippen molar-refractivity contribution in [3.8, 4) is 0 Å². The van der Waals surface area contributed by atoms with E-state index in [1.54, 1.807) is 23.1 Å². The number of anilines is 1. The van der Waals surface area contributed by atoms with Crippen LogP contribution in [0.1, 0.15) is 0 Å². The summed E-state index contributed by atoms with van der Waals surface area (Å²) < 4.78 is 12.1. The lowest BCUT2D eigenvalue weighted by molar-refractivity contribution is 0.220. The van der Waals surface area contributed by atoms with Gasteiger partial charge in [0, 0.05) is 31.1 Å². The van der Waals surface area contributed by atoms with E-state index in [9.17, 15) is 9.00 Å². The van der Waals surface area contributed by atoms with Gasteiger partial charge in [-0.3, -0.25) is 4.21 Å². The van der Waals surface area contributed by atoms with E-state index in [2.05, 4.69) is 5.32 Å². The predicted octanol–water partition coefficient (Wildman–Crippen LogP) is 1.06. The number of amides is 2. The van der Waals surface area contributed by atoms with Gasteiger partial charge in [0.15, 0.2) is 0 Å². The van der Waals surface area contributed by atoms with Crippen molar-refractivity contribution in [1.82, 2.24) is 10.2 Å². The summed E-state index contributed by atoms with van der Waals surface area (Å²) in [6, 6.07) is 4.81. The van der Waals surface area contributed by atoms with Crippen LogP contribution < -0.4 is 11.1 Å². The van der Waals surface area contributed by atoms with Gasteiger partial charge in [-0.25, -0.2) is 4.79 Å². The summed E-state index contributed by atoms with van der Waals surface area (Å²) >= 11 is 5.98. The van der Waals surface area contributed by atoms with Gasteiger partial charge in [-0.15, -0.1) is 0 Å². The van der Waals surface area contributed by atoms with E-state index in [0.717, 1.165) is 0 Å². The topological polar surface area (TPSA) is 75.4 Å². The fourth-order valence-electron chi connectivity index (χ4n) is 1.73. The van der Waals surface area contributed by atoms with Crippen LogP contribution in [0.15, 0.2) is 23.1 Å². The molecule has 0 aromatic heterocycles. The van der Waals surface area contributed by atoms with E-state index in [1.165, 1.54) is 0 Å². The lowest BCUT2D eigenvalue weighted by atomic mass is 10.3. The number of hydrogen-bond acceptors (Lipinski definition) is 3. The third kappa shape index (κ3) is 2.94. The number of nitrogens with two attached hydrogens (primary N) is 1. The highest BCUT2D eigenvalue weighted by Crippen LogP contribution is 2.22. The standard InChI is InChI=1S/C11H14ClN3O2S/c12-9-7-8(13)1-2-10(9)18(17)6-5-15-4-3-14-11(15)16/h1-2,7H,3-6,13H2,(H,14,16). The minimum absolute atomic E-state index is 0.101. The molecule has 1 aromatic rings. The second-order valence-electron chi connectivity index (χ2n) is 3.96.